The summed E-state index contributed by atoms with van der Waals surface area (Å²) in [6.45, 7) is 5.67. The highest BCUT2D eigenvalue weighted by Gasteiger charge is 2.21. The topological polar surface area (TPSA) is 61.9 Å². The molecule has 0 radical (unpaired) electrons. The van der Waals surface area contributed by atoms with Crippen molar-refractivity contribution in [3.63, 3.8) is 0 Å². The van der Waals surface area contributed by atoms with Crippen molar-refractivity contribution in [2.75, 3.05) is 6.54 Å². The summed E-state index contributed by atoms with van der Waals surface area (Å²) in [5.74, 6) is -0.137. The molecule has 5 heteroatoms. The maximum atomic E-state index is 12.1. The first-order valence-corrected chi connectivity index (χ1v) is 5.15. The number of hydrogen-bond acceptors (Lipinski definition) is 3. The third kappa shape index (κ3) is 2.40. The number of aryl methyl sites for hydroxylation is 2. The number of nitrogens with zero attached hydrogens (tertiary/aromatic N) is 4. The van der Waals surface area contributed by atoms with Gasteiger partial charge in [-0.15, -0.1) is 0 Å². The number of amides is 1. The summed E-state index contributed by atoms with van der Waals surface area (Å²) >= 11 is 0. The van der Waals surface area contributed by atoms with Crippen molar-refractivity contribution in [2.45, 2.75) is 26.8 Å². The van der Waals surface area contributed by atoms with Crippen LogP contribution in [0.15, 0.2) is 6.20 Å². The Hall–Kier alpha value is -1.83. The average molecular weight is 220 g/mol. The third-order valence-electron chi connectivity index (χ3n) is 2.37. The second-order valence-electron chi connectivity index (χ2n) is 3.99. The van der Waals surface area contributed by atoms with Gasteiger partial charge in [0.1, 0.15) is 6.54 Å². The molecule has 16 heavy (non-hydrogen) atoms. The van der Waals surface area contributed by atoms with Crippen molar-refractivity contribution in [1.82, 2.24) is 14.7 Å². The Bertz CT molecular complexity index is 428. The van der Waals surface area contributed by atoms with Crippen molar-refractivity contribution >= 4 is 5.91 Å². The van der Waals surface area contributed by atoms with Crippen LogP contribution >= 0.6 is 0 Å². The van der Waals surface area contributed by atoms with Crippen molar-refractivity contribution in [1.29, 1.82) is 5.26 Å². The molecule has 5 nitrogen and oxygen atoms in total. The summed E-state index contributed by atoms with van der Waals surface area (Å²) in [7, 11) is 1.77. The van der Waals surface area contributed by atoms with Gasteiger partial charge in [-0.25, -0.2) is 0 Å². The van der Waals surface area contributed by atoms with Gasteiger partial charge in [0.15, 0.2) is 0 Å². The molecule has 1 amide bonds. The van der Waals surface area contributed by atoms with Gasteiger partial charge in [-0.1, -0.05) is 0 Å². The number of hydrogen-bond donors (Lipinski definition) is 0. The van der Waals surface area contributed by atoms with E-state index in [1.165, 1.54) is 4.90 Å². The molecule has 0 fully saturated rings. The Balaban J connectivity index is 3.00. The molecule has 86 valence electrons. The van der Waals surface area contributed by atoms with E-state index in [-0.39, 0.29) is 18.5 Å². The zero-order valence-corrected chi connectivity index (χ0v) is 10.1. The summed E-state index contributed by atoms with van der Waals surface area (Å²) < 4.78 is 1.60. The molecule has 0 spiro atoms. The molecule has 0 saturated heterocycles. The van der Waals surface area contributed by atoms with Crippen LogP contribution in [0.4, 0.5) is 0 Å². The largest absolute Gasteiger partial charge is 0.323 e. The predicted molar refractivity (Wildman–Crippen MR) is 59.7 cm³/mol. The van der Waals surface area contributed by atoms with Crippen molar-refractivity contribution < 1.29 is 4.79 Å². The van der Waals surface area contributed by atoms with Gasteiger partial charge in [0, 0.05) is 19.3 Å². The van der Waals surface area contributed by atoms with E-state index in [0.29, 0.717) is 11.3 Å². The molecular formula is C11H16N4O. The molecule has 0 N–H and O–H groups in total. The Morgan fingerprint density at radius 3 is 2.69 bits per heavy atom. The molecule has 0 bridgehead atoms. The first kappa shape index (κ1) is 12.2. The average Bonchev–Trinajstić information content (AvgIpc) is 2.53. The summed E-state index contributed by atoms with van der Waals surface area (Å²) in [5, 5.41) is 12.8. The van der Waals surface area contributed by atoms with Crippen LogP contribution < -0.4 is 0 Å². The van der Waals surface area contributed by atoms with Gasteiger partial charge in [-0.2, -0.15) is 10.4 Å². The molecule has 0 aromatic carbocycles. The van der Waals surface area contributed by atoms with Crippen LogP contribution in [0.1, 0.15) is 29.9 Å². The number of carbonyl (C=O) groups is 1. The standard InChI is InChI=1S/C11H16N4O/c1-8(2)15(6-5-12)11(16)10-7-14(4)13-9(10)3/h7-8H,6H2,1-4H3. The minimum atomic E-state index is -0.137. The predicted octanol–water partition coefficient (Wildman–Crippen LogP) is 1.10. The van der Waals surface area contributed by atoms with Crippen LogP contribution in [0, 0.1) is 18.3 Å². The van der Waals surface area contributed by atoms with E-state index in [9.17, 15) is 4.79 Å². The van der Waals surface area contributed by atoms with E-state index >= 15 is 0 Å². The van der Waals surface area contributed by atoms with Gasteiger partial charge < -0.3 is 4.90 Å². The van der Waals surface area contributed by atoms with Crippen molar-refractivity contribution in [2.24, 2.45) is 7.05 Å². The van der Waals surface area contributed by atoms with E-state index in [1.54, 1.807) is 24.9 Å². The molecule has 0 aliphatic rings. The number of nitriles is 1. The highest BCUT2D eigenvalue weighted by molar-refractivity contribution is 5.95. The molecule has 1 aromatic rings. The van der Waals surface area contributed by atoms with Crippen LogP contribution in [0.5, 0.6) is 0 Å². The lowest BCUT2D eigenvalue weighted by Crippen LogP contribution is -2.37. The highest BCUT2D eigenvalue weighted by Crippen LogP contribution is 2.11. The van der Waals surface area contributed by atoms with Crippen LogP contribution in [-0.4, -0.2) is 33.2 Å². The molecule has 1 rings (SSSR count). The monoisotopic (exact) mass is 220 g/mol. The summed E-state index contributed by atoms with van der Waals surface area (Å²) in [5.41, 5.74) is 1.25. The van der Waals surface area contributed by atoms with Gasteiger partial charge in [-0.3, -0.25) is 9.48 Å². The Morgan fingerprint density at radius 2 is 2.31 bits per heavy atom. The van der Waals surface area contributed by atoms with E-state index < -0.39 is 0 Å². The zero-order chi connectivity index (χ0) is 12.3. The van der Waals surface area contributed by atoms with Gasteiger partial charge in [0.25, 0.3) is 5.91 Å². The third-order valence-corrected chi connectivity index (χ3v) is 2.37. The second kappa shape index (κ2) is 4.79. The quantitative estimate of drug-likeness (QED) is 0.717. The Labute approximate surface area is 95.3 Å². The summed E-state index contributed by atoms with van der Waals surface area (Å²) in [4.78, 5) is 13.7. The number of rotatable bonds is 3. The number of carbonyl (C=O) groups excluding carboxylic acids is 1. The molecule has 0 unspecified atom stereocenters. The lowest BCUT2D eigenvalue weighted by atomic mass is 10.2. The van der Waals surface area contributed by atoms with Crippen LogP contribution in [0.25, 0.3) is 0 Å². The van der Waals surface area contributed by atoms with Gasteiger partial charge in [-0.05, 0) is 20.8 Å². The fourth-order valence-electron chi connectivity index (χ4n) is 1.53. The molecule has 1 heterocycles. The minimum Gasteiger partial charge on any atom is -0.323 e. The zero-order valence-electron chi connectivity index (χ0n) is 10.1. The highest BCUT2D eigenvalue weighted by atomic mass is 16.2. The summed E-state index contributed by atoms with van der Waals surface area (Å²) in [6, 6.07) is 2.01. The fourth-order valence-corrected chi connectivity index (χ4v) is 1.53. The van der Waals surface area contributed by atoms with Crippen LogP contribution in [-0.2, 0) is 7.05 Å². The molecule has 0 atom stereocenters. The lowest BCUT2D eigenvalue weighted by molar-refractivity contribution is 0.0730. The molecule has 1 aromatic heterocycles. The van der Waals surface area contributed by atoms with Crippen LogP contribution in [0.2, 0.25) is 0 Å². The number of aromatic nitrogens is 2. The molecule has 0 aliphatic heterocycles. The van der Waals surface area contributed by atoms with Crippen molar-refractivity contribution in [3.8, 4) is 6.07 Å². The second-order valence-corrected chi connectivity index (χ2v) is 3.99. The van der Waals surface area contributed by atoms with E-state index in [4.69, 9.17) is 5.26 Å². The maximum absolute atomic E-state index is 12.1. The Morgan fingerprint density at radius 1 is 1.69 bits per heavy atom. The SMILES string of the molecule is Cc1nn(C)cc1C(=O)N(CC#N)C(C)C. The smallest absolute Gasteiger partial charge is 0.258 e. The van der Waals surface area contributed by atoms with E-state index in [1.807, 2.05) is 19.9 Å². The minimum absolute atomic E-state index is 0.00626. The first-order chi connectivity index (χ1) is 7.47. The molecule has 0 aliphatic carbocycles. The van der Waals surface area contributed by atoms with Gasteiger partial charge in [0.2, 0.25) is 0 Å². The summed E-state index contributed by atoms with van der Waals surface area (Å²) in [6.07, 6.45) is 1.68. The van der Waals surface area contributed by atoms with Gasteiger partial charge >= 0.3 is 0 Å². The fraction of sp³-hybridized carbons (Fsp3) is 0.545. The Kier molecular flexibility index (Phi) is 3.67. The van der Waals surface area contributed by atoms with E-state index in [0.717, 1.165) is 0 Å². The molecule has 0 saturated carbocycles. The van der Waals surface area contributed by atoms with Crippen molar-refractivity contribution in [3.05, 3.63) is 17.5 Å². The van der Waals surface area contributed by atoms with Crippen LogP contribution in [0.3, 0.4) is 0 Å². The normalized spacial score (nSPS) is 10.2. The van der Waals surface area contributed by atoms with E-state index in [2.05, 4.69) is 5.10 Å². The maximum Gasteiger partial charge on any atom is 0.258 e. The molecular weight excluding hydrogens is 204 g/mol. The lowest BCUT2D eigenvalue weighted by Gasteiger charge is -2.23. The van der Waals surface area contributed by atoms with Gasteiger partial charge in [0.05, 0.1) is 17.3 Å². The first-order valence-electron chi connectivity index (χ1n) is 5.15.